The molecule has 0 saturated carbocycles. The summed E-state index contributed by atoms with van der Waals surface area (Å²) in [6.45, 7) is 1.94. The van der Waals surface area contributed by atoms with E-state index >= 15 is 0 Å². The first-order valence-electron chi connectivity index (χ1n) is 6.50. The largest absolute Gasteiger partial charge is 0.461 e. The van der Waals surface area contributed by atoms with Gasteiger partial charge in [0.2, 0.25) is 0 Å². The van der Waals surface area contributed by atoms with Crippen LogP contribution in [0.15, 0.2) is 30.3 Å². The Balaban J connectivity index is 2.35. The summed E-state index contributed by atoms with van der Waals surface area (Å²) in [4.78, 5) is 30.6. The highest BCUT2D eigenvalue weighted by Gasteiger charge is 2.18. The number of primary amides is 1. The van der Waals surface area contributed by atoms with Gasteiger partial charge in [0.05, 0.1) is 12.1 Å². The van der Waals surface area contributed by atoms with E-state index in [2.05, 4.69) is 9.97 Å². The first kappa shape index (κ1) is 13.1. The SMILES string of the molecule is CCOC(=O)c1cc2c([nH]c3ccccc32)c(C(N)=O)n1. The molecule has 0 fully saturated rings. The molecule has 0 aliphatic rings. The molecule has 0 radical (unpaired) electrons. The van der Waals surface area contributed by atoms with Gasteiger partial charge in [0.1, 0.15) is 5.69 Å². The van der Waals surface area contributed by atoms with Crippen LogP contribution < -0.4 is 5.73 Å². The lowest BCUT2D eigenvalue weighted by Gasteiger charge is -2.04. The zero-order chi connectivity index (χ0) is 15.0. The summed E-state index contributed by atoms with van der Waals surface area (Å²) >= 11 is 0. The van der Waals surface area contributed by atoms with Crippen molar-refractivity contribution in [2.75, 3.05) is 6.61 Å². The fraction of sp³-hybridized carbons (Fsp3) is 0.133. The van der Waals surface area contributed by atoms with Crippen molar-refractivity contribution in [2.24, 2.45) is 5.73 Å². The number of fused-ring (bicyclic) bond motifs is 3. The number of ether oxygens (including phenoxy) is 1. The van der Waals surface area contributed by atoms with E-state index in [1.54, 1.807) is 13.0 Å². The molecule has 2 heterocycles. The summed E-state index contributed by atoms with van der Waals surface area (Å²) in [5.41, 5.74) is 6.85. The zero-order valence-corrected chi connectivity index (χ0v) is 11.3. The molecule has 0 spiro atoms. The van der Waals surface area contributed by atoms with Crippen LogP contribution in [0.5, 0.6) is 0 Å². The number of pyridine rings is 1. The van der Waals surface area contributed by atoms with Crippen LogP contribution in [0.2, 0.25) is 0 Å². The molecule has 0 unspecified atom stereocenters. The third-order valence-electron chi connectivity index (χ3n) is 3.21. The molecule has 3 N–H and O–H groups in total. The van der Waals surface area contributed by atoms with Crippen LogP contribution in [0.1, 0.15) is 27.9 Å². The van der Waals surface area contributed by atoms with Crippen LogP contribution >= 0.6 is 0 Å². The van der Waals surface area contributed by atoms with Crippen LogP contribution in [0.25, 0.3) is 21.8 Å². The number of nitrogens with one attached hydrogen (secondary N) is 1. The summed E-state index contributed by atoms with van der Waals surface area (Å²) < 4.78 is 4.94. The Morgan fingerprint density at radius 1 is 1.29 bits per heavy atom. The molecule has 1 aromatic carbocycles. The predicted octanol–water partition coefficient (Wildman–Crippen LogP) is 1.99. The average Bonchev–Trinajstić information content (AvgIpc) is 2.84. The molecular weight excluding hydrogens is 270 g/mol. The van der Waals surface area contributed by atoms with Crippen molar-refractivity contribution in [3.05, 3.63) is 41.7 Å². The summed E-state index contributed by atoms with van der Waals surface area (Å²) in [6, 6.07) is 9.14. The molecule has 0 aliphatic carbocycles. The zero-order valence-electron chi connectivity index (χ0n) is 11.3. The van der Waals surface area contributed by atoms with Crippen LogP contribution in [0.3, 0.4) is 0 Å². The van der Waals surface area contributed by atoms with Crippen molar-refractivity contribution in [3.8, 4) is 0 Å². The molecule has 0 saturated heterocycles. The molecule has 3 aromatic rings. The van der Waals surface area contributed by atoms with Crippen LogP contribution in [0.4, 0.5) is 0 Å². The van der Waals surface area contributed by atoms with Crippen LogP contribution in [-0.2, 0) is 4.74 Å². The maximum absolute atomic E-state index is 11.9. The number of carbonyl (C=O) groups excluding carboxylic acids is 2. The molecule has 0 bridgehead atoms. The number of hydrogen-bond donors (Lipinski definition) is 2. The van der Waals surface area contributed by atoms with Crippen LogP contribution in [-0.4, -0.2) is 28.5 Å². The van der Waals surface area contributed by atoms with Crippen molar-refractivity contribution in [2.45, 2.75) is 6.92 Å². The highest BCUT2D eigenvalue weighted by atomic mass is 16.5. The second-order valence-corrected chi connectivity index (χ2v) is 4.53. The second-order valence-electron chi connectivity index (χ2n) is 4.53. The molecule has 6 nitrogen and oxygen atoms in total. The normalized spacial score (nSPS) is 10.9. The molecular formula is C15H13N3O3. The van der Waals surface area contributed by atoms with Gasteiger partial charge in [0.15, 0.2) is 5.69 Å². The van der Waals surface area contributed by atoms with Gasteiger partial charge < -0.3 is 15.5 Å². The number of H-pyrrole nitrogens is 1. The highest BCUT2D eigenvalue weighted by molar-refractivity contribution is 6.15. The number of aromatic nitrogens is 2. The Morgan fingerprint density at radius 2 is 2.05 bits per heavy atom. The number of hydrogen-bond acceptors (Lipinski definition) is 4. The monoisotopic (exact) mass is 283 g/mol. The number of amides is 1. The van der Waals surface area contributed by atoms with E-state index in [-0.39, 0.29) is 18.0 Å². The lowest BCUT2D eigenvalue weighted by atomic mass is 10.1. The van der Waals surface area contributed by atoms with Gasteiger partial charge in [-0.05, 0) is 19.1 Å². The van der Waals surface area contributed by atoms with Gasteiger partial charge in [0.25, 0.3) is 5.91 Å². The van der Waals surface area contributed by atoms with E-state index in [4.69, 9.17) is 10.5 Å². The van der Waals surface area contributed by atoms with Gasteiger partial charge in [-0.1, -0.05) is 18.2 Å². The molecule has 0 atom stereocenters. The molecule has 21 heavy (non-hydrogen) atoms. The number of carbonyl (C=O) groups is 2. The Labute approximate surface area is 119 Å². The third kappa shape index (κ3) is 2.10. The van der Waals surface area contributed by atoms with Crippen molar-refractivity contribution in [3.63, 3.8) is 0 Å². The number of rotatable bonds is 3. The molecule has 1 amide bonds. The molecule has 2 aromatic heterocycles. The maximum atomic E-state index is 11.9. The minimum absolute atomic E-state index is 0.0340. The number of benzene rings is 1. The minimum atomic E-state index is -0.697. The average molecular weight is 283 g/mol. The lowest BCUT2D eigenvalue weighted by molar-refractivity contribution is 0.0519. The van der Waals surface area contributed by atoms with Crippen molar-refractivity contribution in [1.82, 2.24) is 9.97 Å². The summed E-state index contributed by atoms with van der Waals surface area (Å²) in [5.74, 6) is -1.27. The van der Waals surface area contributed by atoms with Gasteiger partial charge in [-0.2, -0.15) is 0 Å². The maximum Gasteiger partial charge on any atom is 0.356 e. The molecule has 106 valence electrons. The fourth-order valence-corrected chi connectivity index (χ4v) is 2.33. The quantitative estimate of drug-likeness (QED) is 0.718. The Hall–Kier alpha value is -2.89. The smallest absolute Gasteiger partial charge is 0.356 e. The van der Waals surface area contributed by atoms with E-state index in [1.165, 1.54) is 0 Å². The van der Waals surface area contributed by atoms with Gasteiger partial charge in [-0.15, -0.1) is 0 Å². The number of nitrogens with two attached hydrogens (primary N) is 1. The van der Waals surface area contributed by atoms with E-state index < -0.39 is 11.9 Å². The topological polar surface area (TPSA) is 98.1 Å². The summed E-state index contributed by atoms with van der Waals surface area (Å²) in [5, 5.41) is 1.61. The van der Waals surface area contributed by atoms with Crippen molar-refractivity contribution < 1.29 is 14.3 Å². The van der Waals surface area contributed by atoms with E-state index in [0.717, 1.165) is 16.3 Å². The molecule has 3 rings (SSSR count). The lowest BCUT2D eigenvalue weighted by Crippen LogP contribution is -2.17. The number of aromatic amines is 1. The van der Waals surface area contributed by atoms with Gasteiger partial charge in [0, 0.05) is 16.3 Å². The third-order valence-corrected chi connectivity index (χ3v) is 3.21. The Kier molecular flexibility index (Phi) is 3.06. The molecule has 6 heteroatoms. The standard InChI is InChI=1S/C15H13N3O3/c1-2-21-15(20)11-7-9-8-5-3-4-6-10(8)17-12(9)13(18-11)14(16)19/h3-7,17H,2H2,1H3,(H2,16,19). The summed E-state index contributed by atoms with van der Waals surface area (Å²) in [7, 11) is 0. The van der Waals surface area contributed by atoms with E-state index in [0.29, 0.717) is 5.52 Å². The second kappa shape index (κ2) is 4.90. The number of para-hydroxylation sites is 1. The summed E-state index contributed by atoms with van der Waals surface area (Å²) in [6.07, 6.45) is 0. The number of esters is 1. The highest BCUT2D eigenvalue weighted by Crippen LogP contribution is 2.27. The van der Waals surface area contributed by atoms with Gasteiger partial charge in [-0.25, -0.2) is 9.78 Å². The van der Waals surface area contributed by atoms with Crippen molar-refractivity contribution >= 4 is 33.7 Å². The Bertz CT molecular complexity index is 867. The number of nitrogens with zero attached hydrogens (tertiary/aromatic N) is 1. The molecule has 0 aliphatic heterocycles. The van der Waals surface area contributed by atoms with Gasteiger partial charge in [-0.3, -0.25) is 4.79 Å². The van der Waals surface area contributed by atoms with Crippen molar-refractivity contribution in [1.29, 1.82) is 0 Å². The first-order valence-corrected chi connectivity index (χ1v) is 6.50. The fourth-order valence-electron chi connectivity index (χ4n) is 2.33. The first-order chi connectivity index (χ1) is 10.1. The van der Waals surface area contributed by atoms with E-state index in [9.17, 15) is 9.59 Å². The Morgan fingerprint density at radius 3 is 2.76 bits per heavy atom. The minimum Gasteiger partial charge on any atom is -0.461 e. The predicted molar refractivity (Wildman–Crippen MR) is 78.1 cm³/mol. The van der Waals surface area contributed by atoms with Crippen LogP contribution in [0, 0.1) is 0 Å². The van der Waals surface area contributed by atoms with Gasteiger partial charge >= 0.3 is 5.97 Å². The van der Waals surface area contributed by atoms with E-state index in [1.807, 2.05) is 24.3 Å².